The van der Waals surface area contributed by atoms with Crippen molar-refractivity contribution in [2.45, 2.75) is 58.0 Å². The second-order valence-electron chi connectivity index (χ2n) is 8.77. The number of hydrogen-bond acceptors (Lipinski definition) is 3. The largest absolute Gasteiger partial charge is 0.357 e. The van der Waals surface area contributed by atoms with Crippen LogP contribution in [0.1, 0.15) is 62.6 Å². The van der Waals surface area contributed by atoms with Crippen LogP contribution in [0.5, 0.6) is 0 Å². The first-order chi connectivity index (χ1) is 14.7. The van der Waals surface area contributed by atoms with Crippen LogP contribution in [0.25, 0.3) is 0 Å². The number of benzene rings is 1. The van der Waals surface area contributed by atoms with Gasteiger partial charge in [0, 0.05) is 32.4 Å². The highest BCUT2D eigenvalue weighted by atomic mass is 16.2. The first-order valence-electron chi connectivity index (χ1n) is 11.5. The van der Waals surface area contributed by atoms with Crippen molar-refractivity contribution in [3.63, 3.8) is 0 Å². The summed E-state index contributed by atoms with van der Waals surface area (Å²) in [7, 11) is 0. The number of anilines is 1. The molecule has 160 valence electrons. The number of pyridine rings is 1. The predicted molar refractivity (Wildman–Crippen MR) is 121 cm³/mol. The predicted octanol–water partition coefficient (Wildman–Crippen LogP) is 5.14. The lowest BCUT2D eigenvalue weighted by atomic mass is 10.1. The maximum absolute atomic E-state index is 13.0. The summed E-state index contributed by atoms with van der Waals surface area (Å²) in [6.45, 7) is 5.64. The van der Waals surface area contributed by atoms with Gasteiger partial charge in [-0.15, -0.1) is 0 Å². The van der Waals surface area contributed by atoms with E-state index in [9.17, 15) is 4.79 Å². The molecule has 1 atom stereocenters. The van der Waals surface area contributed by atoms with E-state index in [2.05, 4.69) is 46.4 Å². The van der Waals surface area contributed by atoms with E-state index in [0.29, 0.717) is 12.5 Å². The van der Waals surface area contributed by atoms with Crippen molar-refractivity contribution in [1.82, 2.24) is 15.2 Å². The van der Waals surface area contributed by atoms with Gasteiger partial charge in [-0.3, -0.25) is 0 Å². The summed E-state index contributed by atoms with van der Waals surface area (Å²) < 4.78 is 0. The summed E-state index contributed by atoms with van der Waals surface area (Å²) in [5, 5.41) is 3.13. The third kappa shape index (κ3) is 5.53. The molecule has 1 aromatic carbocycles. The van der Waals surface area contributed by atoms with Gasteiger partial charge < -0.3 is 15.1 Å². The lowest BCUT2D eigenvalue weighted by Gasteiger charge is -2.30. The Morgan fingerprint density at radius 2 is 1.83 bits per heavy atom. The number of nitrogens with zero attached hydrogens (tertiary/aromatic N) is 3. The van der Waals surface area contributed by atoms with Crippen LogP contribution in [0.4, 0.5) is 10.6 Å². The molecule has 2 amide bonds. The molecule has 1 aliphatic carbocycles. The fourth-order valence-corrected chi connectivity index (χ4v) is 4.19. The summed E-state index contributed by atoms with van der Waals surface area (Å²) >= 11 is 0. The van der Waals surface area contributed by atoms with Gasteiger partial charge in [0.25, 0.3) is 0 Å². The van der Waals surface area contributed by atoms with E-state index in [1.807, 2.05) is 29.3 Å². The zero-order valence-corrected chi connectivity index (χ0v) is 18.1. The van der Waals surface area contributed by atoms with Crippen LogP contribution in [-0.4, -0.2) is 35.5 Å². The van der Waals surface area contributed by atoms with Crippen LogP contribution >= 0.6 is 0 Å². The fourth-order valence-electron chi connectivity index (χ4n) is 4.19. The maximum Gasteiger partial charge on any atom is 0.318 e. The minimum Gasteiger partial charge on any atom is -0.357 e. The van der Waals surface area contributed by atoms with Gasteiger partial charge in [0.05, 0.1) is 6.04 Å². The van der Waals surface area contributed by atoms with E-state index in [1.165, 1.54) is 44.1 Å². The number of amides is 2. The summed E-state index contributed by atoms with van der Waals surface area (Å²) in [5.74, 6) is 1.71. The average molecular weight is 407 g/mol. The van der Waals surface area contributed by atoms with Crippen LogP contribution in [0, 0.1) is 5.92 Å². The smallest absolute Gasteiger partial charge is 0.318 e. The highest BCUT2D eigenvalue weighted by molar-refractivity contribution is 5.74. The van der Waals surface area contributed by atoms with Gasteiger partial charge in [0.2, 0.25) is 0 Å². The SMILES string of the molecule is CC(c1ccccc1)N(CC1CC1)C(=O)NCc1ccc(N2CCCCCC2)nc1. The van der Waals surface area contributed by atoms with E-state index in [1.54, 1.807) is 0 Å². The van der Waals surface area contributed by atoms with E-state index < -0.39 is 0 Å². The molecule has 1 saturated heterocycles. The number of aromatic nitrogens is 1. The monoisotopic (exact) mass is 406 g/mol. The standard InChI is InChI=1S/C25H34N4O/c1-20(23-9-5-4-6-10-23)29(19-21-11-12-21)25(30)27-18-22-13-14-24(26-17-22)28-15-7-2-3-8-16-28/h4-6,9-10,13-14,17,20-21H,2-3,7-8,11-12,15-16,18-19H2,1H3,(H,27,30). The molecule has 1 unspecified atom stereocenters. The Morgan fingerprint density at radius 1 is 1.10 bits per heavy atom. The molecule has 1 N–H and O–H groups in total. The van der Waals surface area contributed by atoms with Gasteiger partial charge in [0.15, 0.2) is 0 Å². The molecule has 5 nitrogen and oxygen atoms in total. The van der Waals surface area contributed by atoms with Crippen molar-refractivity contribution in [3.8, 4) is 0 Å². The Balaban J connectivity index is 1.35. The van der Waals surface area contributed by atoms with Crippen LogP contribution in [-0.2, 0) is 6.54 Å². The van der Waals surface area contributed by atoms with Crippen molar-refractivity contribution < 1.29 is 4.79 Å². The summed E-state index contributed by atoms with van der Waals surface area (Å²) in [6, 6.07) is 14.6. The number of nitrogens with one attached hydrogen (secondary N) is 1. The van der Waals surface area contributed by atoms with Crippen LogP contribution in [0.15, 0.2) is 48.7 Å². The minimum atomic E-state index is 0.00912. The fraction of sp³-hybridized carbons (Fsp3) is 0.520. The third-order valence-electron chi connectivity index (χ3n) is 6.35. The van der Waals surface area contributed by atoms with E-state index in [4.69, 9.17) is 0 Å². The molecular weight excluding hydrogens is 372 g/mol. The summed E-state index contributed by atoms with van der Waals surface area (Å²) in [6.07, 6.45) is 9.50. The van der Waals surface area contributed by atoms with Gasteiger partial charge in [-0.05, 0) is 55.7 Å². The first-order valence-corrected chi connectivity index (χ1v) is 11.5. The Kier molecular flexibility index (Phi) is 6.88. The second kappa shape index (κ2) is 9.96. The van der Waals surface area contributed by atoms with Crippen molar-refractivity contribution in [3.05, 3.63) is 59.8 Å². The Hall–Kier alpha value is -2.56. The molecule has 4 rings (SSSR count). The highest BCUT2D eigenvalue weighted by Gasteiger charge is 2.30. The molecule has 2 fully saturated rings. The van der Waals surface area contributed by atoms with Crippen molar-refractivity contribution in [2.24, 2.45) is 5.92 Å². The molecule has 5 heteroatoms. The highest BCUT2D eigenvalue weighted by Crippen LogP contribution is 2.32. The molecule has 2 aliphatic rings. The van der Waals surface area contributed by atoms with Gasteiger partial charge in [-0.2, -0.15) is 0 Å². The zero-order chi connectivity index (χ0) is 20.8. The molecule has 1 aliphatic heterocycles. The summed E-state index contributed by atoms with van der Waals surface area (Å²) in [5.41, 5.74) is 2.22. The van der Waals surface area contributed by atoms with Crippen LogP contribution in [0.2, 0.25) is 0 Å². The lowest BCUT2D eigenvalue weighted by Crippen LogP contribution is -2.42. The molecular formula is C25H34N4O. The van der Waals surface area contributed by atoms with Crippen molar-refractivity contribution in [2.75, 3.05) is 24.5 Å². The van der Waals surface area contributed by atoms with E-state index in [0.717, 1.165) is 31.0 Å². The zero-order valence-electron chi connectivity index (χ0n) is 18.1. The molecule has 30 heavy (non-hydrogen) atoms. The van der Waals surface area contributed by atoms with Crippen molar-refractivity contribution >= 4 is 11.8 Å². The number of hydrogen-bond donors (Lipinski definition) is 1. The molecule has 0 bridgehead atoms. The number of urea groups is 1. The van der Waals surface area contributed by atoms with Crippen LogP contribution < -0.4 is 10.2 Å². The van der Waals surface area contributed by atoms with Crippen molar-refractivity contribution in [1.29, 1.82) is 0 Å². The third-order valence-corrected chi connectivity index (χ3v) is 6.35. The van der Waals surface area contributed by atoms with Gasteiger partial charge in [0.1, 0.15) is 5.82 Å². The van der Waals surface area contributed by atoms with Crippen LogP contribution in [0.3, 0.4) is 0 Å². The number of rotatable bonds is 7. The topological polar surface area (TPSA) is 48.5 Å². The average Bonchev–Trinajstić information content (AvgIpc) is 3.63. The summed E-state index contributed by atoms with van der Waals surface area (Å²) in [4.78, 5) is 22.1. The molecule has 2 aromatic rings. The quantitative estimate of drug-likeness (QED) is 0.692. The lowest BCUT2D eigenvalue weighted by molar-refractivity contribution is 0.175. The van der Waals surface area contributed by atoms with Gasteiger partial charge >= 0.3 is 6.03 Å². The van der Waals surface area contributed by atoms with Gasteiger partial charge in [-0.1, -0.05) is 49.2 Å². The second-order valence-corrected chi connectivity index (χ2v) is 8.77. The molecule has 2 heterocycles. The molecule has 1 saturated carbocycles. The number of carbonyl (C=O) groups is 1. The molecule has 0 spiro atoms. The number of carbonyl (C=O) groups excluding carboxylic acids is 1. The first kappa shape index (κ1) is 20.7. The Morgan fingerprint density at radius 3 is 2.47 bits per heavy atom. The Bertz CT molecular complexity index is 796. The Labute approximate surface area is 180 Å². The minimum absolute atomic E-state index is 0.00912. The normalized spacial score (nSPS) is 17.8. The van der Waals surface area contributed by atoms with E-state index in [-0.39, 0.29) is 12.1 Å². The van der Waals surface area contributed by atoms with E-state index >= 15 is 0 Å². The molecule has 0 radical (unpaired) electrons. The maximum atomic E-state index is 13.0. The van der Waals surface area contributed by atoms with Gasteiger partial charge in [-0.25, -0.2) is 9.78 Å². The molecule has 1 aromatic heterocycles.